The number of anilines is 1. The lowest BCUT2D eigenvalue weighted by molar-refractivity contribution is 0.277. The molecule has 0 bridgehead atoms. The Morgan fingerprint density at radius 3 is 2.35 bits per heavy atom. The van der Waals surface area contributed by atoms with Gasteiger partial charge in [0.05, 0.1) is 17.9 Å². The van der Waals surface area contributed by atoms with Crippen molar-refractivity contribution in [1.29, 1.82) is 0 Å². The molecule has 200 valence electrons. The molecule has 1 aliphatic rings. The Bertz CT molecular complexity index is 1100. The number of hydrogen-bond acceptors (Lipinski definition) is 5. The second-order valence-electron chi connectivity index (χ2n) is 10.4. The number of ether oxygens (including phenoxy) is 1. The molecule has 6 nitrogen and oxygen atoms in total. The standard InChI is InChI=1S/C29H39F2N5O/c1-4-5-6-8-22-18-32-29(33-19-22)36-12-10-21(11-13-36)9-7-14-37-23-15-24(30)28(25(31)16-23)27-17-26(20(2)3)34-35-27/h15-21H,4-14H2,1-3H3,(H,34,35). The molecular formula is C29H39F2N5O. The summed E-state index contributed by atoms with van der Waals surface area (Å²) in [5.41, 5.74) is 2.19. The first-order valence-corrected chi connectivity index (χ1v) is 13.7. The second kappa shape index (κ2) is 13.0. The number of nitrogens with zero attached hydrogens (tertiary/aromatic N) is 4. The minimum atomic E-state index is -0.666. The van der Waals surface area contributed by atoms with Crippen LogP contribution in [0.1, 0.15) is 82.9 Å². The predicted molar refractivity (Wildman–Crippen MR) is 143 cm³/mol. The van der Waals surface area contributed by atoms with Crippen LogP contribution in [0.5, 0.6) is 5.75 Å². The van der Waals surface area contributed by atoms with Crippen LogP contribution in [-0.4, -0.2) is 39.9 Å². The number of piperidine rings is 1. The molecule has 0 aliphatic carbocycles. The molecule has 4 rings (SSSR count). The lowest BCUT2D eigenvalue weighted by atomic mass is 9.92. The number of hydrogen-bond donors (Lipinski definition) is 1. The van der Waals surface area contributed by atoms with E-state index in [1.807, 2.05) is 26.2 Å². The van der Waals surface area contributed by atoms with Gasteiger partial charge in [-0.2, -0.15) is 5.10 Å². The Kier molecular flexibility index (Phi) is 9.47. The van der Waals surface area contributed by atoms with Gasteiger partial charge in [0.1, 0.15) is 17.4 Å². The maximum atomic E-state index is 14.7. The Hall–Kier alpha value is -3.03. The molecule has 0 saturated carbocycles. The van der Waals surface area contributed by atoms with Crippen LogP contribution in [0.4, 0.5) is 14.7 Å². The summed E-state index contributed by atoms with van der Waals surface area (Å²) in [4.78, 5) is 11.4. The molecule has 1 fully saturated rings. The highest BCUT2D eigenvalue weighted by atomic mass is 19.1. The quantitative estimate of drug-likeness (QED) is 0.263. The Labute approximate surface area is 218 Å². The molecule has 1 aliphatic heterocycles. The average molecular weight is 512 g/mol. The first kappa shape index (κ1) is 27.0. The minimum Gasteiger partial charge on any atom is -0.493 e. The van der Waals surface area contributed by atoms with Gasteiger partial charge in [-0.1, -0.05) is 33.6 Å². The lowest BCUT2D eigenvalue weighted by Crippen LogP contribution is -2.35. The van der Waals surface area contributed by atoms with Crippen molar-refractivity contribution in [2.45, 2.75) is 78.1 Å². The van der Waals surface area contributed by atoms with E-state index in [2.05, 4.69) is 32.0 Å². The lowest BCUT2D eigenvalue weighted by Gasteiger charge is -2.32. The number of rotatable bonds is 12. The van der Waals surface area contributed by atoms with Crippen molar-refractivity contribution < 1.29 is 13.5 Å². The molecule has 2 aromatic heterocycles. The van der Waals surface area contributed by atoms with Crippen LogP contribution in [-0.2, 0) is 6.42 Å². The fourth-order valence-electron chi connectivity index (χ4n) is 4.84. The van der Waals surface area contributed by atoms with Gasteiger partial charge in [-0.15, -0.1) is 0 Å². The summed E-state index contributed by atoms with van der Waals surface area (Å²) in [6, 6.07) is 4.18. The molecule has 1 aromatic carbocycles. The minimum absolute atomic E-state index is 0.127. The molecular weight excluding hydrogens is 472 g/mol. The van der Waals surface area contributed by atoms with E-state index in [0.29, 0.717) is 12.5 Å². The van der Waals surface area contributed by atoms with E-state index in [1.165, 1.54) is 37.0 Å². The summed E-state index contributed by atoms with van der Waals surface area (Å²) in [5, 5.41) is 6.91. The Morgan fingerprint density at radius 2 is 1.73 bits per heavy atom. The number of benzene rings is 1. The third-order valence-corrected chi connectivity index (χ3v) is 7.17. The number of unbranched alkanes of at least 4 members (excludes halogenated alkanes) is 2. The third-order valence-electron chi connectivity index (χ3n) is 7.17. The summed E-state index contributed by atoms with van der Waals surface area (Å²) >= 11 is 0. The van der Waals surface area contributed by atoms with Crippen LogP contribution in [0.25, 0.3) is 11.3 Å². The van der Waals surface area contributed by atoms with Gasteiger partial charge < -0.3 is 9.64 Å². The first-order chi connectivity index (χ1) is 17.9. The highest BCUT2D eigenvalue weighted by Gasteiger charge is 2.21. The highest BCUT2D eigenvalue weighted by Crippen LogP contribution is 2.30. The summed E-state index contributed by atoms with van der Waals surface area (Å²) < 4.78 is 35.1. The number of halogens is 2. The van der Waals surface area contributed by atoms with Gasteiger partial charge in [0.15, 0.2) is 0 Å². The molecule has 8 heteroatoms. The van der Waals surface area contributed by atoms with E-state index in [9.17, 15) is 8.78 Å². The van der Waals surface area contributed by atoms with Crippen molar-refractivity contribution in [3.8, 4) is 17.0 Å². The number of nitrogens with one attached hydrogen (secondary N) is 1. The molecule has 1 saturated heterocycles. The van der Waals surface area contributed by atoms with Crippen molar-refractivity contribution in [2.24, 2.45) is 5.92 Å². The van der Waals surface area contributed by atoms with Gasteiger partial charge in [-0.3, -0.25) is 5.10 Å². The molecule has 1 N–H and O–H groups in total. The van der Waals surface area contributed by atoms with Crippen LogP contribution < -0.4 is 9.64 Å². The molecule has 0 amide bonds. The van der Waals surface area contributed by atoms with Crippen LogP contribution in [0.2, 0.25) is 0 Å². The van der Waals surface area contributed by atoms with E-state index in [4.69, 9.17) is 4.74 Å². The Balaban J connectivity index is 1.19. The van der Waals surface area contributed by atoms with Crippen molar-refractivity contribution in [2.75, 3.05) is 24.6 Å². The normalized spacial score (nSPS) is 14.5. The van der Waals surface area contributed by atoms with Crippen LogP contribution in [0.15, 0.2) is 30.6 Å². The maximum absolute atomic E-state index is 14.7. The monoisotopic (exact) mass is 511 g/mol. The van der Waals surface area contributed by atoms with E-state index in [-0.39, 0.29) is 22.9 Å². The van der Waals surface area contributed by atoms with E-state index >= 15 is 0 Å². The summed E-state index contributed by atoms with van der Waals surface area (Å²) in [5.74, 6) is 0.508. The molecule has 0 spiro atoms. The number of H-pyrrole nitrogens is 1. The van der Waals surface area contributed by atoms with E-state index in [0.717, 1.165) is 56.8 Å². The number of aromatic amines is 1. The highest BCUT2D eigenvalue weighted by molar-refractivity contribution is 5.62. The zero-order chi connectivity index (χ0) is 26.2. The number of aryl methyl sites for hydroxylation is 1. The number of aromatic nitrogens is 4. The fraction of sp³-hybridized carbons (Fsp3) is 0.552. The van der Waals surface area contributed by atoms with Crippen molar-refractivity contribution >= 4 is 5.95 Å². The van der Waals surface area contributed by atoms with Gasteiger partial charge in [0, 0.05) is 43.3 Å². The van der Waals surface area contributed by atoms with Gasteiger partial charge in [-0.25, -0.2) is 18.7 Å². The smallest absolute Gasteiger partial charge is 0.225 e. The predicted octanol–water partition coefficient (Wildman–Crippen LogP) is 7.08. The van der Waals surface area contributed by atoms with Gasteiger partial charge >= 0.3 is 0 Å². The average Bonchev–Trinajstić information content (AvgIpc) is 3.37. The molecule has 0 radical (unpaired) electrons. The molecule has 0 atom stereocenters. The summed E-state index contributed by atoms with van der Waals surface area (Å²) in [6.45, 7) is 8.52. The third kappa shape index (κ3) is 7.27. The molecule has 37 heavy (non-hydrogen) atoms. The topological polar surface area (TPSA) is 66.9 Å². The van der Waals surface area contributed by atoms with Gasteiger partial charge in [0.25, 0.3) is 0 Å². The van der Waals surface area contributed by atoms with Crippen LogP contribution in [0.3, 0.4) is 0 Å². The van der Waals surface area contributed by atoms with Crippen molar-refractivity contribution in [1.82, 2.24) is 20.2 Å². The summed E-state index contributed by atoms with van der Waals surface area (Å²) in [7, 11) is 0. The van der Waals surface area contributed by atoms with E-state index in [1.54, 1.807) is 6.07 Å². The zero-order valence-corrected chi connectivity index (χ0v) is 22.3. The van der Waals surface area contributed by atoms with Crippen LogP contribution >= 0.6 is 0 Å². The molecule has 3 heterocycles. The maximum Gasteiger partial charge on any atom is 0.225 e. The van der Waals surface area contributed by atoms with Crippen LogP contribution in [0, 0.1) is 17.6 Å². The Morgan fingerprint density at radius 1 is 1.03 bits per heavy atom. The largest absolute Gasteiger partial charge is 0.493 e. The van der Waals surface area contributed by atoms with Crippen molar-refractivity contribution in [3.05, 3.63) is 53.5 Å². The molecule has 3 aromatic rings. The zero-order valence-electron chi connectivity index (χ0n) is 22.3. The van der Waals surface area contributed by atoms with Crippen molar-refractivity contribution in [3.63, 3.8) is 0 Å². The second-order valence-corrected chi connectivity index (χ2v) is 10.4. The molecule has 0 unspecified atom stereocenters. The van der Waals surface area contributed by atoms with E-state index < -0.39 is 11.6 Å². The first-order valence-electron chi connectivity index (χ1n) is 13.7. The van der Waals surface area contributed by atoms with Gasteiger partial charge in [0.2, 0.25) is 5.95 Å². The van der Waals surface area contributed by atoms with Gasteiger partial charge in [-0.05, 0) is 62.0 Å². The SMILES string of the molecule is CCCCCc1cnc(N2CCC(CCCOc3cc(F)c(-c4cc(C(C)C)[nH]n4)c(F)c3)CC2)nc1. The fourth-order valence-corrected chi connectivity index (χ4v) is 4.84. The summed E-state index contributed by atoms with van der Waals surface area (Å²) in [6.07, 6.45) is 12.7.